The Morgan fingerprint density at radius 1 is 1.18 bits per heavy atom. The third-order valence-corrected chi connectivity index (χ3v) is 5.39. The average molecular weight is 294 g/mol. The van der Waals surface area contributed by atoms with Crippen LogP contribution in [-0.4, -0.2) is 37.3 Å². The lowest BCUT2D eigenvalue weighted by Gasteiger charge is -2.39. The number of rotatable bonds is 1. The van der Waals surface area contributed by atoms with Crippen molar-refractivity contribution in [3.8, 4) is 0 Å². The second-order valence-corrected chi connectivity index (χ2v) is 6.20. The van der Waals surface area contributed by atoms with E-state index >= 15 is 0 Å². The molecule has 3 nitrogen and oxygen atoms in total. The van der Waals surface area contributed by atoms with Gasteiger partial charge in [-0.05, 0) is 30.7 Å². The summed E-state index contributed by atoms with van der Waals surface area (Å²) in [4.78, 5) is 2.63. The summed E-state index contributed by atoms with van der Waals surface area (Å²) in [6, 6.07) is 9.44. The van der Waals surface area contributed by atoms with E-state index in [1.54, 1.807) is 0 Å². The second-order valence-electron chi connectivity index (χ2n) is 5.34. The molecule has 0 saturated carbocycles. The van der Waals surface area contributed by atoms with Crippen LogP contribution in [0.5, 0.6) is 0 Å². The van der Waals surface area contributed by atoms with Crippen LogP contribution in [-0.2, 0) is 0 Å². The quantitative estimate of drug-likeness (QED) is 0.816. The molecule has 17 heavy (non-hydrogen) atoms. The lowest BCUT2D eigenvalue weighted by atomic mass is 9.91. The fourth-order valence-electron chi connectivity index (χ4n) is 3.41. The monoisotopic (exact) mass is 293 g/mol. The summed E-state index contributed by atoms with van der Waals surface area (Å²) in [6.07, 6.45) is 0. The first-order chi connectivity index (χ1) is 8.25. The predicted octanol–water partition coefficient (Wildman–Crippen LogP) is 1.26. The van der Waals surface area contributed by atoms with Crippen LogP contribution in [0.2, 0.25) is 0 Å². The van der Waals surface area contributed by atoms with Crippen molar-refractivity contribution in [3.63, 3.8) is 0 Å². The smallest absolute Gasteiger partial charge is 0.0588 e. The van der Waals surface area contributed by atoms with Crippen LogP contribution in [0.1, 0.15) is 5.56 Å². The molecule has 3 heterocycles. The third-order valence-electron chi connectivity index (χ3n) is 4.50. The molecule has 4 heteroatoms. The lowest BCUT2D eigenvalue weighted by molar-refractivity contribution is 0.259. The molecule has 0 aromatic heterocycles. The van der Waals surface area contributed by atoms with Gasteiger partial charge in [-0.2, -0.15) is 0 Å². The molecule has 3 saturated heterocycles. The van der Waals surface area contributed by atoms with Crippen LogP contribution in [0.25, 0.3) is 0 Å². The van der Waals surface area contributed by atoms with Crippen LogP contribution in [0.15, 0.2) is 22.7 Å². The number of nitrogens with one attached hydrogen (secondary N) is 2. The van der Waals surface area contributed by atoms with Gasteiger partial charge >= 0.3 is 0 Å². The third kappa shape index (κ3) is 1.29. The second kappa shape index (κ2) is 3.46. The lowest BCUT2D eigenvalue weighted by Crippen LogP contribution is -2.67. The molecule has 90 valence electrons. The predicted molar refractivity (Wildman–Crippen MR) is 72.5 cm³/mol. The highest BCUT2D eigenvalue weighted by atomic mass is 79.9. The van der Waals surface area contributed by atoms with Gasteiger partial charge in [0, 0.05) is 35.3 Å². The fraction of sp³-hybridized carbons (Fsp3) is 0.538. The highest BCUT2D eigenvalue weighted by molar-refractivity contribution is 9.10. The van der Waals surface area contributed by atoms with Gasteiger partial charge in [0.25, 0.3) is 0 Å². The van der Waals surface area contributed by atoms with E-state index in [1.807, 2.05) is 0 Å². The molecular formula is C13H16BrN3. The highest BCUT2D eigenvalue weighted by Gasteiger charge is 2.57. The van der Waals surface area contributed by atoms with Gasteiger partial charge in [0.05, 0.1) is 12.1 Å². The standard InChI is InChI=1S/C13H16BrN3/c1-7-4-8(2-3-9(7)14)17-10-5-15-12(10)13-11(17)6-16-13/h2-4,10-13,15-16H,5-6H2,1H3. The van der Waals surface area contributed by atoms with E-state index in [1.165, 1.54) is 15.7 Å². The summed E-state index contributed by atoms with van der Waals surface area (Å²) in [5.41, 5.74) is 2.71. The first kappa shape index (κ1) is 10.4. The zero-order valence-corrected chi connectivity index (χ0v) is 11.4. The molecule has 0 radical (unpaired) electrons. The molecule has 3 aliphatic heterocycles. The zero-order valence-electron chi connectivity index (χ0n) is 9.78. The number of aryl methyl sites for hydroxylation is 1. The number of fused-ring (bicyclic) bond motifs is 3. The van der Waals surface area contributed by atoms with Crippen LogP contribution >= 0.6 is 15.9 Å². The van der Waals surface area contributed by atoms with E-state index in [0.29, 0.717) is 24.2 Å². The van der Waals surface area contributed by atoms with E-state index in [2.05, 4.69) is 56.6 Å². The first-order valence-electron chi connectivity index (χ1n) is 6.27. The Kier molecular flexibility index (Phi) is 2.11. The Morgan fingerprint density at radius 3 is 2.29 bits per heavy atom. The minimum Gasteiger partial charge on any atom is -0.360 e. The number of halogens is 1. The molecule has 1 aromatic rings. The molecule has 1 aromatic carbocycles. The van der Waals surface area contributed by atoms with E-state index in [0.717, 1.165) is 13.1 Å². The summed E-state index contributed by atoms with van der Waals surface area (Å²) in [7, 11) is 0. The van der Waals surface area contributed by atoms with Crippen molar-refractivity contribution in [1.82, 2.24) is 10.6 Å². The van der Waals surface area contributed by atoms with Gasteiger partial charge in [0.1, 0.15) is 0 Å². The Hall–Kier alpha value is -0.580. The van der Waals surface area contributed by atoms with Gasteiger partial charge in [-0.3, -0.25) is 0 Å². The summed E-state index contributed by atoms with van der Waals surface area (Å²) in [5.74, 6) is 0. The van der Waals surface area contributed by atoms with Gasteiger partial charge in [-0.15, -0.1) is 0 Å². The van der Waals surface area contributed by atoms with Crippen LogP contribution < -0.4 is 15.5 Å². The maximum Gasteiger partial charge on any atom is 0.0588 e. The Labute approximate surface area is 110 Å². The molecule has 0 bridgehead atoms. The molecule has 3 fully saturated rings. The van der Waals surface area contributed by atoms with Crippen molar-refractivity contribution in [2.24, 2.45) is 0 Å². The molecule has 4 rings (SSSR count). The zero-order chi connectivity index (χ0) is 11.6. The van der Waals surface area contributed by atoms with Crippen molar-refractivity contribution in [2.45, 2.75) is 31.1 Å². The number of hydrogen-bond acceptors (Lipinski definition) is 3. The highest BCUT2D eigenvalue weighted by Crippen LogP contribution is 2.38. The van der Waals surface area contributed by atoms with Crippen LogP contribution in [0, 0.1) is 6.92 Å². The SMILES string of the molecule is Cc1cc(N2C3CNC3C3NCC32)ccc1Br. The van der Waals surface area contributed by atoms with Crippen molar-refractivity contribution in [3.05, 3.63) is 28.2 Å². The number of benzene rings is 1. The molecule has 4 unspecified atom stereocenters. The van der Waals surface area contributed by atoms with E-state index in [-0.39, 0.29) is 0 Å². The van der Waals surface area contributed by atoms with Gasteiger partial charge in [-0.1, -0.05) is 15.9 Å². The fourth-order valence-corrected chi connectivity index (χ4v) is 3.66. The molecule has 4 atom stereocenters. The van der Waals surface area contributed by atoms with E-state index in [9.17, 15) is 0 Å². The normalized spacial score (nSPS) is 38.1. The van der Waals surface area contributed by atoms with Crippen molar-refractivity contribution >= 4 is 21.6 Å². The van der Waals surface area contributed by atoms with Gasteiger partial charge in [-0.25, -0.2) is 0 Å². The summed E-state index contributed by atoms with van der Waals surface area (Å²) < 4.78 is 1.20. The Bertz CT molecular complexity index is 458. The summed E-state index contributed by atoms with van der Waals surface area (Å²) in [5, 5.41) is 7.10. The van der Waals surface area contributed by atoms with E-state index in [4.69, 9.17) is 0 Å². The van der Waals surface area contributed by atoms with Crippen LogP contribution in [0.4, 0.5) is 5.69 Å². The molecule has 0 amide bonds. The van der Waals surface area contributed by atoms with Crippen molar-refractivity contribution < 1.29 is 0 Å². The largest absolute Gasteiger partial charge is 0.360 e. The van der Waals surface area contributed by atoms with Gasteiger partial charge in [0.2, 0.25) is 0 Å². The first-order valence-corrected chi connectivity index (χ1v) is 7.06. The Balaban J connectivity index is 1.72. The topological polar surface area (TPSA) is 27.3 Å². The summed E-state index contributed by atoms with van der Waals surface area (Å²) in [6.45, 7) is 4.43. The van der Waals surface area contributed by atoms with Gasteiger partial charge in [0.15, 0.2) is 0 Å². The molecule has 0 aliphatic carbocycles. The number of nitrogens with zero attached hydrogens (tertiary/aromatic N) is 1. The summed E-state index contributed by atoms with van der Waals surface area (Å²) >= 11 is 3.58. The number of anilines is 1. The molecular weight excluding hydrogens is 278 g/mol. The maximum atomic E-state index is 3.58. The molecule has 2 N–H and O–H groups in total. The minimum absolute atomic E-state index is 0.665. The van der Waals surface area contributed by atoms with Crippen LogP contribution in [0.3, 0.4) is 0 Å². The average Bonchev–Trinajstić information content (AvgIpc) is 2.38. The van der Waals surface area contributed by atoms with Crippen molar-refractivity contribution in [1.29, 1.82) is 0 Å². The van der Waals surface area contributed by atoms with Gasteiger partial charge < -0.3 is 15.5 Å². The number of hydrogen-bond donors (Lipinski definition) is 2. The minimum atomic E-state index is 0.665. The Morgan fingerprint density at radius 2 is 1.82 bits per heavy atom. The van der Waals surface area contributed by atoms with E-state index < -0.39 is 0 Å². The van der Waals surface area contributed by atoms with Crippen molar-refractivity contribution in [2.75, 3.05) is 18.0 Å². The molecule has 0 spiro atoms. The maximum absolute atomic E-state index is 3.58. The molecule has 3 aliphatic rings.